The van der Waals surface area contributed by atoms with Crippen LogP contribution in [0, 0.1) is 12.8 Å². The lowest BCUT2D eigenvalue weighted by atomic mass is 9.97. The van der Waals surface area contributed by atoms with Gasteiger partial charge in [-0.2, -0.15) is 4.31 Å². The summed E-state index contributed by atoms with van der Waals surface area (Å²) in [5.41, 5.74) is 2.66. The van der Waals surface area contributed by atoms with Crippen molar-refractivity contribution < 1.29 is 17.9 Å². The lowest BCUT2D eigenvalue weighted by molar-refractivity contribution is -0.120. The minimum Gasteiger partial charge on any atom is -0.379 e. The topological polar surface area (TPSA) is 91.8 Å². The predicted octanol–water partition coefficient (Wildman–Crippen LogP) is 3.42. The molecule has 3 heterocycles. The molecule has 0 saturated carbocycles. The van der Waals surface area contributed by atoms with Crippen LogP contribution in [0.25, 0.3) is 10.9 Å². The van der Waals surface area contributed by atoms with E-state index in [1.165, 1.54) is 4.31 Å². The largest absolute Gasteiger partial charge is 0.379 e. The predicted molar refractivity (Wildman–Crippen MR) is 136 cm³/mol. The second-order valence-electron chi connectivity index (χ2n) is 9.18. The third-order valence-corrected chi connectivity index (χ3v) is 8.55. The highest BCUT2D eigenvalue weighted by molar-refractivity contribution is 7.89. The Hall–Kier alpha value is -3.01. The fourth-order valence-electron chi connectivity index (χ4n) is 4.73. The number of nitrogens with one attached hydrogen (secondary N) is 1. The number of anilines is 2. The highest BCUT2D eigenvalue weighted by atomic mass is 32.2. The average molecular weight is 495 g/mol. The second-order valence-corrected chi connectivity index (χ2v) is 11.1. The summed E-state index contributed by atoms with van der Waals surface area (Å²) >= 11 is 0. The van der Waals surface area contributed by atoms with Gasteiger partial charge in [-0.3, -0.25) is 4.79 Å². The number of sulfonamides is 1. The maximum absolute atomic E-state index is 13.0. The number of carbonyl (C=O) groups is 1. The third kappa shape index (κ3) is 5.17. The molecule has 1 N–H and O–H groups in total. The van der Waals surface area contributed by atoms with Crippen LogP contribution in [0.3, 0.4) is 0 Å². The summed E-state index contributed by atoms with van der Waals surface area (Å²) in [6.07, 6.45) is 1.74. The van der Waals surface area contributed by atoms with Crippen molar-refractivity contribution in [3.8, 4) is 0 Å². The Morgan fingerprint density at radius 2 is 1.89 bits per heavy atom. The molecule has 9 heteroatoms. The van der Waals surface area contributed by atoms with Gasteiger partial charge in [0.15, 0.2) is 0 Å². The first-order valence-corrected chi connectivity index (χ1v) is 13.5. The van der Waals surface area contributed by atoms with E-state index in [1.807, 2.05) is 43.3 Å². The van der Waals surface area contributed by atoms with E-state index < -0.39 is 10.0 Å². The summed E-state index contributed by atoms with van der Waals surface area (Å²) in [6.45, 7) is 4.99. The molecule has 0 aliphatic carbocycles. The Morgan fingerprint density at radius 3 is 2.69 bits per heavy atom. The molecule has 5 rings (SSSR count). The molecule has 1 atom stereocenters. The van der Waals surface area contributed by atoms with E-state index in [1.54, 1.807) is 18.2 Å². The molecule has 2 aromatic carbocycles. The summed E-state index contributed by atoms with van der Waals surface area (Å²) < 4.78 is 32.7. The SMILES string of the molecule is Cc1cccc(NC(=O)C2CCCN(c3ccc4cc(S(=O)(=O)N5CCOCC5)ccc4n3)C2)c1. The lowest BCUT2D eigenvalue weighted by Crippen LogP contribution is -2.41. The van der Waals surface area contributed by atoms with E-state index in [0.29, 0.717) is 32.8 Å². The number of hydrogen-bond acceptors (Lipinski definition) is 6. The summed E-state index contributed by atoms with van der Waals surface area (Å²) in [5, 5.41) is 3.82. The van der Waals surface area contributed by atoms with Gasteiger partial charge in [0.2, 0.25) is 15.9 Å². The van der Waals surface area contributed by atoms with Gasteiger partial charge in [-0.25, -0.2) is 13.4 Å². The quantitative estimate of drug-likeness (QED) is 0.584. The number of piperidine rings is 1. The van der Waals surface area contributed by atoms with E-state index in [4.69, 9.17) is 9.72 Å². The number of amides is 1. The average Bonchev–Trinajstić information content (AvgIpc) is 2.88. The fraction of sp³-hybridized carbons (Fsp3) is 0.385. The highest BCUT2D eigenvalue weighted by Gasteiger charge is 2.28. The van der Waals surface area contributed by atoms with Gasteiger partial charge >= 0.3 is 0 Å². The number of rotatable bonds is 5. The molecule has 1 amide bonds. The Morgan fingerprint density at radius 1 is 1.06 bits per heavy atom. The monoisotopic (exact) mass is 494 g/mol. The molecular formula is C26H30N4O4S. The van der Waals surface area contributed by atoms with E-state index in [0.717, 1.165) is 47.4 Å². The van der Waals surface area contributed by atoms with Crippen LogP contribution in [0.1, 0.15) is 18.4 Å². The van der Waals surface area contributed by atoms with Crippen molar-refractivity contribution in [2.24, 2.45) is 5.92 Å². The van der Waals surface area contributed by atoms with Gasteiger partial charge in [-0.05, 0) is 67.8 Å². The molecule has 1 aromatic heterocycles. The van der Waals surface area contributed by atoms with E-state index in [9.17, 15) is 13.2 Å². The molecule has 3 aromatic rings. The van der Waals surface area contributed by atoms with Crippen molar-refractivity contribution in [3.05, 3.63) is 60.2 Å². The third-order valence-electron chi connectivity index (χ3n) is 6.66. The fourth-order valence-corrected chi connectivity index (χ4v) is 6.18. The standard InChI is InChI=1S/C26H30N4O4S/c1-19-4-2-6-22(16-19)27-26(31)21-5-3-11-29(18-21)25-10-7-20-17-23(8-9-24(20)28-25)35(32,33)30-12-14-34-15-13-30/h2,4,6-10,16-17,21H,3,5,11-15,18H2,1H3,(H,27,31). The van der Waals surface area contributed by atoms with E-state index >= 15 is 0 Å². The minimum absolute atomic E-state index is 0.0269. The van der Waals surface area contributed by atoms with Crippen molar-refractivity contribution >= 4 is 38.3 Å². The van der Waals surface area contributed by atoms with Gasteiger partial charge in [0.25, 0.3) is 0 Å². The van der Waals surface area contributed by atoms with Crippen LogP contribution in [0.2, 0.25) is 0 Å². The molecule has 184 valence electrons. The van der Waals surface area contributed by atoms with Crippen LogP contribution in [0.4, 0.5) is 11.5 Å². The minimum atomic E-state index is -3.56. The number of nitrogens with zero attached hydrogens (tertiary/aromatic N) is 3. The van der Waals surface area contributed by atoms with Gasteiger partial charge in [0.05, 0.1) is 29.5 Å². The molecule has 2 aliphatic rings. The van der Waals surface area contributed by atoms with Crippen LogP contribution in [0.5, 0.6) is 0 Å². The molecule has 2 aliphatic heterocycles. The summed E-state index contributed by atoms with van der Waals surface area (Å²) in [7, 11) is -3.56. The Bertz CT molecular complexity index is 1340. The molecule has 1 unspecified atom stereocenters. The number of fused-ring (bicyclic) bond motifs is 1. The first-order chi connectivity index (χ1) is 16.9. The Labute approximate surface area is 205 Å². The molecule has 0 bridgehead atoms. The number of hydrogen-bond donors (Lipinski definition) is 1. The zero-order chi connectivity index (χ0) is 24.4. The molecule has 2 saturated heterocycles. The number of pyridine rings is 1. The molecule has 0 radical (unpaired) electrons. The number of carbonyl (C=O) groups excluding carboxylic acids is 1. The van der Waals surface area contributed by atoms with Crippen LogP contribution >= 0.6 is 0 Å². The Balaban J connectivity index is 1.31. The molecular weight excluding hydrogens is 464 g/mol. The van der Waals surface area contributed by atoms with Crippen molar-refractivity contribution in [3.63, 3.8) is 0 Å². The van der Waals surface area contributed by atoms with Crippen LogP contribution < -0.4 is 10.2 Å². The van der Waals surface area contributed by atoms with Crippen molar-refractivity contribution in [2.75, 3.05) is 49.6 Å². The van der Waals surface area contributed by atoms with Gasteiger partial charge in [0.1, 0.15) is 5.82 Å². The summed E-state index contributed by atoms with van der Waals surface area (Å²) in [5.74, 6) is 0.705. The number of ether oxygens (including phenoxy) is 1. The van der Waals surface area contributed by atoms with Crippen LogP contribution in [-0.2, 0) is 19.6 Å². The molecule has 35 heavy (non-hydrogen) atoms. The first-order valence-electron chi connectivity index (χ1n) is 12.0. The maximum Gasteiger partial charge on any atom is 0.243 e. The zero-order valence-electron chi connectivity index (χ0n) is 19.8. The van der Waals surface area contributed by atoms with E-state index in [-0.39, 0.29) is 16.7 Å². The van der Waals surface area contributed by atoms with E-state index in [2.05, 4.69) is 10.2 Å². The van der Waals surface area contributed by atoms with Gasteiger partial charge in [-0.15, -0.1) is 0 Å². The van der Waals surface area contributed by atoms with Crippen molar-refractivity contribution in [1.29, 1.82) is 0 Å². The second kappa shape index (κ2) is 9.93. The van der Waals surface area contributed by atoms with Crippen molar-refractivity contribution in [2.45, 2.75) is 24.7 Å². The van der Waals surface area contributed by atoms with Crippen LogP contribution in [-0.4, -0.2) is 63.0 Å². The zero-order valence-corrected chi connectivity index (χ0v) is 20.6. The highest BCUT2D eigenvalue weighted by Crippen LogP contribution is 2.27. The molecule has 0 spiro atoms. The molecule has 8 nitrogen and oxygen atoms in total. The normalized spacial score (nSPS) is 19.6. The van der Waals surface area contributed by atoms with Crippen LogP contribution in [0.15, 0.2) is 59.5 Å². The van der Waals surface area contributed by atoms with Gasteiger partial charge in [-0.1, -0.05) is 12.1 Å². The lowest BCUT2D eigenvalue weighted by Gasteiger charge is -2.33. The van der Waals surface area contributed by atoms with Gasteiger partial charge < -0.3 is 15.0 Å². The smallest absolute Gasteiger partial charge is 0.243 e. The number of benzene rings is 2. The summed E-state index contributed by atoms with van der Waals surface area (Å²) in [6, 6.07) is 16.7. The first kappa shape index (κ1) is 23.7. The molecule has 2 fully saturated rings. The number of aryl methyl sites for hydroxylation is 1. The van der Waals surface area contributed by atoms with Crippen molar-refractivity contribution in [1.82, 2.24) is 9.29 Å². The van der Waals surface area contributed by atoms with Gasteiger partial charge in [0, 0.05) is 37.3 Å². The number of morpholine rings is 1. The Kier molecular flexibility index (Phi) is 6.73. The summed E-state index contributed by atoms with van der Waals surface area (Å²) in [4.78, 5) is 20.1. The number of aromatic nitrogens is 1. The maximum atomic E-state index is 13.0.